The molecule has 2 N–H and O–H groups in total. The van der Waals surface area contributed by atoms with Gasteiger partial charge in [-0.05, 0) is 42.5 Å². The molecular weight excluding hydrogens is 428 g/mol. The highest BCUT2D eigenvalue weighted by Gasteiger charge is 2.11. The van der Waals surface area contributed by atoms with Gasteiger partial charge in [-0.2, -0.15) is 5.10 Å². The predicted octanol–water partition coefficient (Wildman–Crippen LogP) is 3.97. The zero-order valence-corrected chi connectivity index (χ0v) is 16.3. The number of amides is 1. The summed E-state index contributed by atoms with van der Waals surface area (Å²) < 4.78 is 11.0. The fourth-order valence-corrected chi connectivity index (χ4v) is 2.73. The Morgan fingerprint density at radius 2 is 1.89 bits per heavy atom. The SMILES string of the molecule is COC(=O)c1ccc(-c2ccc(/C=N/NC(=O)c3cc(Br)ccc3O)o2)cc1. The quantitative estimate of drug-likeness (QED) is 0.353. The van der Waals surface area contributed by atoms with E-state index in [4.69, 9.17) is 4.42 Å². The van der Waals surface area contributed by atoms with Crippen LogP contribution in [0.2, 0.25) is 0 Å². The van der Waals surface area contributed by atoms with Crippen LogP contribution in [0.1, 0.15) is 26.5 Å². The summed E-state index contributed by atoms with van der Waals surface area (Å²) >= 11 is 3.24. The van der Waals surface area contributed by atoms with Gasteiger partial charge >= 0.3 is 5.97 Å². The van der Waals surface area contributed by atoms with Crippen LogP contribution in [0.25, 0.3) is 11.3 Å². The number of methoxy groups -OCH3 is 1. The van der Waals surface area contributed by atoms with E-state index in [1.165, 1.54) is 25.5 Å². The van der Waals surface area contributed by atoms with E-state index >= 15 is 0 Å². The molecule has 0 aliphatic rings. The number of hydrogen-bond acceptors (Lipinski definition) is 6. The number of nitrogens with one attached hydrogen (secondary N) is 1. The molecule has 0 aliphatic carbocycles. The minimum Gasteiger partial charge on any atom is -0.507 e. The number of carbonyl (C=O) groups excluding carboxylic acids is 2. The molecule has 1 aromatic heterocycles. The van der Waals surface area contributed by atoms with Gasteiger partial charge in [-0.1, -0.05) is 28.1 Å². The molecule has 2 aromatic carbocycles. The zero-order valence-electron chi connectivity index (χ0n) is 14.7. The van der Waals surface area contributed by atoms with Crippen molar-refractivity contribution in [3.8, 4) is 17.1 Å². The number of benzene rings is 2. The van der Waals surface area contributed by atoms with Crippen molar-refractivity contribution in [3.05, 3.63) is 76.0 Å². The smallest absolute Gasteiger partial charge is 0.337 e. The molecule has 0 atom stereocenters. The van der Waals surface area contributed by atoms with Crippen molar-refractivity contribution in [2.45, 2.75) is 0 Å². The van der Waals surface area contributed by atoms with Gasteiger partial charge in [0.1, 0.15) is 17.3 Å². The van der Waals surface area contributed by atoms with Crippen LogP contribution in [-0.4, -0.2) is 30.3 Å². The van der Waals surface area contributed by atoms with Crippen molar-refractivity contribution in [1.82, 2.24) is 5.43 Å². The van der Waals surface area contributed by atoms with Gasteiger partial charge in [-0.15, -0.1) is 0 Å². The third kappa shape index (κ3) is 4.47. The summed E-state index contributed by atoms with van der Waals surface area (Å²) in [4.78, 5) is 23.5. The third-order valence-corrected chi connectivity index (χ3v) is 4.27. The number of phenols is 1. The first kappa shape index (κ1) is 19.4. The average molecular weight is 443 g/mol. The summed E-state index contributed by atoms with van der Waals surface area (Å²) in [6, 6.07) is 14.7. The van der Waals surface area contributed by atoms with Crippen molar-refractivity contribution in [2.75, 3.05) is 7.11 Å². The van der Waals surface area contributed by atoms with Gasteiger partial charge in [-0.3, -0.25) is 4.79 Å². The van der Waals surface area contributed by atoms with Crippen molar-refractivity contribution < 1.29 is 23.8 Å². The maximum atomic E-state index is 12.1. The third-order valence-electron chi connectivity index (χ3n) is 3.78. The Hall–Kier alpha value is -3.39. The Bertz CT molecular complexity index is 1040. The van der Waals surface area contributed by atoms with Gasteiger partial charge < -0.3 is 14.3 Å². The number of phenolic OH excluding ortho intramolecular Hbond substituents is 1. The number of carbonyl (C=O) groups is 2. The van der Waals surface area contributed by atoms with Gasteiger partial charge in [0.15, 0.2) is 0 Å². The Morgan fingerprint density at radius 1 is 1.14 bits per heavy atom. The summed E-state index contributed by atoms with van der Waals surface area (Å²) in [5.74, 6) is -0.113. The van der Waals surface area contributed by atoms with Crippen LogP contribution < -0.4 is 5.43 Å². The molecule has 0 unspecified atom stereocenters. The highest BCUT2D eigenvalue weighted by molar-refractivity contribution is 9.10. The molecule has 0 fully saturated rings. The lowest BCUT2D eigenvalue weighted by atomic mass is 10.1. The topological polar surface area (TPSA) is 101 Å². The molecule has 0 spiro atoms. The lowest BCUT2D eigenvalue weighted by Crippen LogP contribution is -2.17. The molecule has 0 radical (unpaired) electrons. The Balaban J connectivity index is 1.66. The van der Waals surface area contributed by atoms with Crippen LogP contribution in [-0.2, 0) is 4.74 Å². The second-order valence-electron chi connectivity index (χ2n) is 5.63. The number of esters is 1. The maximum absolute atomic E-state index is 12.1. The largest absolute Gasteiger partial charge is 0.507 e. The Kier molecular flexibility index (Phi) is 5.90. The molecule has 0 saturated carbocycles. The standard InChI is InChI=1S/C20H15BrN2O5/c1-27-20(26)13-4-2-12(3-5-13)18-9-7-15(28-18)11-22-23-19(25)16-10-14(21)6-8-17(16)24/h2-11,24H,1H3,(H,23,25)/b22-11+. The fraction of sp³-hybridized carbons (Fsp3) is 0.0500. The first-order valence-corrected chi connectivity index (χ1v) is 8.88. The van der Waals surface area contributed by atoms with Crippen molar-refractivity contribution in [3.63, 3.8) is 0 Å². The van der Waals surface area contributed by atoms with Crippen LogP contribution in [0.15, 0.2) is 68.6 Å². The van der Waals surface area contributed by atoms with E-state index in [1.54, 1.807) is 42.5 Å². The number of ether oxygens (including phenoxy) is 1. The van der Waals surface area contributed by atoms with Gasteiger partial charge in [0.05, 0.1) is 24.5 Å². The molecule has 1 heterocycles. The average Bonchev–Trinajstić information content (AvgIpc) is 3.18. The highest BCUT2D eigenvalue weighted by Crippen LogP contribution is 2.23. The van der Waals surface area contributed by atoms with E-state index in [-0.39, 0.29) is 11.3 Å². The van der Waals surface area contributed by atoms with Gasteiger partial charge in [0.2, 0.25) is 0 Å². The van der Waals surface area contributed by atoms with Crippen LogP contribution in [0.4, 0.5) is 0 Å². The first-order chi connectivity index (χ1) is 13.5. The second kappa shape index (κ2) is 8.53. The van der Waals surface area contributed by atoms with Crippen LogP contribution in [0, 0.1) is 0 Å². The van der Waals surface area contributed by atoms with E-state index in [0.717, 1.165) is 5.56 Å². The number of nitrogens with zero attached hydrogens (tertiary/aromatic N) is 1. The predicted molar refractivity (Wildman–Crippen MR) is 106 cm³/mol. The second-order valence-corrected chi connectivity index (χ2v) is 6.55. The van der Waals surface area contributed by atoms with Crippen molar-refractivity contribution in [2.24, 2.45) is 5.10 Å². The van der Waals surface area contributed by atoms with Crippen molar-refractivity contribution in [1.29, 1.82) is 0 Å². The molecule has 8 heteroatoms. The van der Waals surface area contributed by atoms with Crippen LogP contribution >= 0.6 is 15.9 Å². The molecule has 1 amide bonds. The van der Waals surface area contributed by atoms with E-state index in [2.05, 4.69) is 31.2 Å². The Morgan fingerprint density at radius 3 is 2.61 bits per heavy atom. The lowest BCUT2D eigenvalue weighted by Gasteiger charge is -2.03. The van der Waals surface area contributed by atoms with E-state index in [0.29, 0.717) is 21.6 Å². The van der Waals surface area contributed by atoms with E-state index in [9.17, 15) is 14.7 Å². The highest BCUT2D eigenvalue weighted by atomic mass is 79.9. The molecule has 0 aliphatic heterocycles. The van der Waals surface area contributed by atoms with E-state index in [1.807, 2.05) is 0 Å². The maximum Gasteiger partial charge on any atom is 0.337 e. The van der Waals surface area contributed by atoms with Crippen LogP contribution in [0.3, 0.4) is 0 Å². The number of rotatable bonds is 5. The molecule has 3 aromatic rings. The molecule has 7 nitrogen and oxygen atoms in total. The van der Waals surface area contributed by atoms with Gasteiger partial charge in [-0.25, -0.2) is 10.2 Å². The number of halogens is 1. The van der Waals surface area contributed by atoms with Gasteiger partial charge in [0.25, 0.3) is 5.91 Å². The molecule has 0 bridgehead atoms. The van der Waals surface area contributed by atoms with Gasteiger partial charge in [0, 0.05) is 10.0 Å². The summed E-state index contributed by atoms with van der Waals surface area (Å²) in [6.07, 6.45) is 1.35. The summed E-state index contributed by atoms with van der Waals surface area (Å²) in [6.45, 7) is 0. The monoisotopic (exact) mass is 442 g/mol. The summed E-state index contributed by atoms with van der Waals surface area (Å²) in [5.41, 5.74) is 3.64. The number of hydrogen-bond donors (Lipinski definition) is 2. The molecule has 3 rings (SSSR count). The first-order valence-electron chi connectivity index (χ1n) is 8.08. The zero-order chi connectivity index (χ0) is 20.1. The molecular formula is C20H15BrN2O5. The normalized spacial score (nSPS) is 10.8. The Labute approximate surface area is 168 Å². The molecule has 28 heavy (non-hydrogen) atoms. The van der Waals surface area contributed by atoms with E-state index < -0.39 is 11.9 Å². The molecule has 142 valence electrons. The summed E-state index contributed by atoms with van der Waals surface area (Å²) in [5, 5.41) is 13.6. The minimum absolute atomic E-state index is 0.0948. The number of furan rings is 1. The minimum atomic E-state index is -0.555. The lowest BCUT2D eigenvalue weighted by molar-refractivity contribution is 0.0600. The fourth-order valence-electron chi connectivity index (χ4n) is 2.37. The number of hydrazone groups is 1. The molecule has 0 saturated heterocycles. The summed E-state index contributed by atoms with van der Waals surface area (Å²) in [7, 11) is 1.32. The number of aromatic hydroxyl groups is 1. The van der Waals surface area contributed by atoms with Crippen molar-refractivity contribution >= 4 is 34.0 Å². The van der Waals surface area contributed by atoms with Crippen LogP contribution in [0.5, 0.6) is 5.75 Å².